The quantitative estimate of drug-likeness (QED) is 0.756. The predicted molar refractivity (Wildman–Crippen MR) is 85.5 cm³/mol. The summed E-state index contributed by atoms with van der Waals surface area (Å²) in [4.78, 5) is 2.73. The van der Waals surface area contributed by atoms with Crippen molar-refractivity contribution in [1.29, 1.82) is 0 Å². The van der Waals surface area contributed by atoms with Crippen molar-refractivity contribution >= 4 is 0 Å². The highest BCUT2D eigenvalue weighted by atomic mass is 15.2. The van der Waals surface area contributed by atoms with Crippen LogP contribution in [-0.2, 0) is 0 Å². The minimum atomic E-state index is 0.707. The first-order valence-electron chi connectivity index (χ1n) is 8.46. The topological polar surface area (TPSA) is 15.3 Å². The van der Waals surface area contributed by atoms with E-state index >= 15 is 0 Å². The number of rotatable bonds is 7. The Morgan fingerprint density at radius 2 is 1.79 bits per heavy atom. The second-order valence-corrected chi connectivity index (χ2v) is 7.03. The molecule has 1 N–H and O–H groups in total. The van der Waals surface area contributed by atoms with Gasteiger partial charge < -0.3 is 5.32 Å². The molecule has 3 atom stereocenters. The van der Waals surface area contributed by atoms with Crippen LogP contribution in [0.3, 0.4) is 0 Å². The summed E-state index contributed by atoms with van der Waals surface area (Å²) in [5.41, 5.74) is 0. The van der Waals surface area contributed by atoms with E-state index in [-0.39, 0.29) is 0 Å². The Kier molecular flexibility index (Phi) is 7.38. The Labute approximate surface area is 121 Å². The van der Waals surface area contributed by atoms with Crippen molar-refractivity contribution in [2.24, 2.45) is 17.8 Å². The van der Waals surface area contributed by atoms with Crippen molar-refractivity contribution in [2.75, 3.05) is 19.6 Å². The van der Waals surface area contributed by atoms with Crippen LogP contribution in [0.2, 0.25) is 0 Å². The molecule has 1 aliphatic carbocycles. The zero-order valence-electron chi connectivity index (χ0n) is 14.1. The summed E-state index contributed by atoms with van der Waals surface area (Å²) in [6, 6.07) is 1.45. The molecule has 0 aromatic carbocycles. The third-order valence-electron chi connectivity index (χ3n) is 4.74. The van der Waals surface area contributed by atoms with Crippen LogP contribution < -0.4 is 5.32 Å². The maximum atomic E-state index is 3.74. The highest BCUT2D eigenvalue weighted by molar-refractivity contribution is 4.91. The summed E-state index contributed by atoms with van der Waals surface area (Å²) in [5.74, 6) is 2.52. The molecule has 19 heavy (non-hydrogen) atoms. The van der Waals surface area contributed by atoms with Gasteiger partial charge in [-0.05, 0) is 50.1 Å². The second-order valence-electron chi connectivity index (χ2n) is 7.03. The highest BCUT2D eigenvalue weighted by Gasteiger charge is 2.34. The van der Waals surface area contributed by atoms with Gasteiger partial charge in [0.25, 0.3) is 0 Å². The van der Waals surface area contributed by atoms with Crippen LogP contribution in [0.15, 0.2) is 0 Å². The molecular weight excluding hydrogens is 232 g/mol. The Morgan fingerprint density at radius 1 is 1.11 bits per heavy atom. The summed E-state index contributed by atoms with van der Waals surface area (Å²) in [5, 5.41) is 3.74. The lowest BCUT2D eigenvalue weighted by Gasteiger charge is -2.44. The largest absolute Gasteiger partial charge is 0.313 e. The van der Waals surface area contributed by atoms with Gasteiger partial charge in [-0.3, -0.25) is 4.90 Å². The fraction of sp³-hybridized carbons (Fsp3) is 1.00. The molecule has 1 saturated carbocycles. The van der Waals surface area contributed by atoms with E-state index in [0.717, 1.165) is 30.3 Å². The van der Waals surface area contributed by atoms with Crippen LogP contribution in [0.1, 0.15) is 60.8 Å². The lowest BCUT2D eigenvalue weighted by atomic mass is 9.76. The van der Waals surface area contributed by atoms with E-state index in [4.69, 9.17) is 0 Å². The second kappa shape index (κ2) is 8.26. The zero-order valence-corrected chi connectivity index (χ0v) is 14.1. The van der Waals surface area contributed by atoms with Gasteiger partial charge in [-0.25, -0.2) is 0 Å². The minimum Gasteiger partial charge on any atom is -0.313 e. The molecule has 0 spiro atoms. The van der Waals surface area contributed by atoms with Gasteiger partial charge in [0.05, 0.1) is 0 Å². The average molecular weight is 268 g/mol. The maximum absolute atomic E-state index is 3.74. The van der Waals surface area contributed by atoms with Crippen LogP contribution in [0.4, 0.5) is 0 Å². The predicted octanol–water partition coefficient (Wildman–Crippen LogP) is 3.77. The molecule has 2 heteroatoms. The Balaban J connectivity index is 2.73. The maximum Gasteiger partial charge on any atom is 0.0252 e. The molecule has 0 aliphatic heterocycles. The third-order valence-corrected chi connectivity index (χ3v) is 4.74. The van der Waals surface area contributed by atoms with E-state index in [0.29, 0.717) is 6.04 Å². The number of nitrogens with zero attached hydrogens (tertiary/aromatic N) is 1. The van der Waals surface area contributed by atoms with Gasteiger partial charge in [0.2, 0.25) is 0 Å². The molecule has 0 radical (unpaired) electrons. The van der Waals surface area contributed by atoms with Gasteiger partial charge in [0.1, 0.15) is 0 Å². The zero-order chi connectivity index (χ0) is 14.4. The molecule has 0 aromatic heterocycles. The molecule has 1 fully saturated rings. The smallest absolute Gasteiger partial charge is 0.0252 e. The molecule has 1 aliphatic rings. The lowest BCUT2D eigenvalue weighted by Crippen LogP contribution is -2.54. The number of hydrogen-bond donors (Lipinski definition) is 1. The Bertz CT molecular complexity index is 237. The normalized spacial score (nSPS) is 28.6. The summed E-state index contributed by atoms with van der Waals surface area (Å²) < 4.78 is 0. The monoisotopic (exact) mass is 268 g/mol. The molecule has 3 unspecified atom stereocenters. The van der Waals surface area contributed by atoms with Gasteiger partial charge in [-0.1, -0.05) is 41.5 Å². The summed E-state index contributed by atoms with van der Waals surface area (Å²) in [6.07, 6.45) is 4.15. The Morgan fingerprint density at radius 3 is 2.26 bits per heavy atom. The van der Waals surface area contributed by atoms with Crippen molar-refractivity contribution in [3.05, 3.63) is 0 Å². The van der Waals surface area contributed by atoms with Crippen molar-refractivity contribution in [3.8, 4) is 0 Å². The summed E-state index contributed by atoms with van der Waals surface area (Å²) in [7, 11) is 0. The average Bonchev–Trinajstić information content (AvgIpc) is 2.36. The van der Waals surface area contributed by atoms with Crippen LogP contribution in [0.25, 0.3) is 0 Å². The first-order chi connectivity index (χ1) is 8.99. The lowest BCUT2D eigenvalue weighted by molar-refractivity contribution is 0.0786. The van der Waals surface area contributed by atoms with Crippen molar-refractivity contribution in [2.45, 2.75) is 72.9 Å². The van der Waals surface area contributed by atoms with Gasteiger partial charge in [0.15, 0.2) is 0 Å². The molecule has 0 aromatic rings. The van der Waals surface area contributed by atoms with Gasteiger partial charge in [-0.2, -0.15) is 0 Å². The van der Waals surface area contributed by atoms with Crippen LogP contribution >= 0.6 is 0 Å². The SMILES string of the molecule is CCNC1CCC(C(C)C)CC1N(CC)CC(C)C. The third kappa shape index (κ3) is 5.07. The van der Waals surface area contributed by atoms with E-state index < -0.39 is 0 Å². The van der Waals surface area contributed by atoms with Crippen molar-refractivity contribution in [3.63, 3.8) is 0 Å². The summed E-state index contributed by atoms with van der Waals surface area (Å²) in [6.45, 7) is 17.6. The van der Waals surface area contributed by atoms with Crippen LogP contribution in [0, 0.1) is 17.8 Å². The number of likely N-dealkylation sites (N-methyl/N-ethyl adjacent to an activating group) is 2. The van der Waals surface area contributed by atoms with E-state index in [2.05, 4.69) is 51.8 Å². The van der Waals surface area contributed by atoms with E-state index in [1.165, 1.54) is 32.4 Å². The van der Waals surface area contributed by atoms with Crippen molar-refractivity contribution in [1.82, 2.24) is 10.2 Å². The fourth-order valence-electron chi connectivity index (χ4n) is 3.66. The molecule has 0 amide bonds. The first-order valence-corrected chi connectivity index (χ1v) is 8.46. The number of hydrogen-bond acceptors (Lipinski definition) is 2. The molecule has 0 saturated heterocycles. The minimum absolute atomic E-state index is 0.707. The van der Waals surface area contributed by atoms with Gasteiger partial charge in [-0.15, -0.1) is 0 Å². The van der Waals surface area contributed by atoms with E-state index in [1.54, 1.807) is 0 Å². The standard InChI is InChI=1S/C17H36N2/c1-7-18-16-10-9-15(14(5)6)11-17(16)19(8-2)12-13(3)4/h13-18H,7-12H2,1-6H3. The number of nitrogens with one attached hydrogen (secondary N) is 1. The highest BCUT2D eigenvalue weighted by Crippen LogP contribution is 2.33. The van der Waals surface area contributed by atoms with Gasteiger partial charge in [0, 0.05) is 18.6 Å². The van der Waals surface area contributed by atoms with Crippen molar-refractivity contribution < 1.29 is 0 Å². The molecule has 114 valence electrons. The molecule has 2 nitrogen and oxygen atoms in total. The molecule has 0 bridgehead atoms. The molecule has 1 rings (SSSR count). The van der Waals surface area contributed by atoms with E-state index in [1.807, 2.05) is 0 Å². The summed E-state index contributed by atoms with van der Waals surface area (Å²) >= 11 is 0. The first kappa shape index (κ1) is 17.0. The van der Waals surface area contributed by atoms with Crippen LogP contribution in [-0.4, -0.2) is 36.6 Å². The molecular formula is C17H36N2. The van der Waals surface area contributed by atoms with Crippen LogP contribution in [0.5, 0.6) is 0 Å². The fourth-order valence-corrected chi connectivity index (χ4v) is 3.66. The van der Waals surface area contributed by atoms with E-state index in [9.17, 15) is 0 Å². The molecule has 0 heterocycles. The van der Waals surface area contributed by atoms with Gasteiger partial charge >= 0.3 is 0 Å². The Hall–Kier alpha value is -0.0800.